The summed E-state index contributed by atoms with van der Waals surface area (Å²) in [6.07, 6.45) is -2.39. The third kappa shape index (κ3) is 1.80. The number of aliphatic hydroxyl groups excluding tert-OH is 2. The normalized spacial score (nSPS) is 58.5. The summed E-state index contributed by atoms with van der Waals surface area (Å²) in [6.45, 7) is 5.50. The van der Waals surface area contributed by atoms with Gasteiger partial charge < -0.3 is 50.2 Å². The second kappa shape index (κ2) is 6.35. The van der Waals surface area contributed by atoms with Gasteiger partial charge in [-0.1, -0.05) is 20.8 Å². The summed E-state index contributed by atoms with van der Waals surface area (Å²) >= 11 is 0. The van der Waals surface area contributed by atoms with E-state index in [9.17, 15) is 40.5 Å². The topological polar surface area (TPSA) is 193 Å². The van der Waals surface area contributed by atoms with Crippen LogP contribution in [0, 0.1) is 22.7 Å². The molecule has 6 bridgehead atoms. The highest BCUT2D eigenvalue weighted by atomic mass is 16.7. The van der Waals surface area contributed by atoms with Crippen LogP contribution in [0.3, 0.4) is 0 Å². The van der Waals surface area contributed by atoms with Crippen LogP contribution in [-0.4, -0.2) is 99.3 Å². The Morgan fingerprint density at radius 2 is 1.89 bits per heavy atom. The van der Waals surface area contributed by atoms with Crippen LogP contribution in [0.1, 0.15) is 57.4 Å². The number of aromatic nitrogens is 1. The highest BCUT2D eigenvalue weighted by molar-refractivity contribution is 5.87. The van der Waals surface area contributed by atoms with Crippen molar-refractivity contribution in [1.29, 1.82) is 0 Å². The van der Waals surface area contributed by atoms with Crippen LogP contribution in [0.2, 0.25) is 0 Å². The summed E-state index contributed by atoms with van der Waals surface area (Å²) in [6, 6.07) is 3.02. The van der Waals surface area contributed by atoms with E-state index in [0.717, 1.165) is 0 Å². The molecule has 2 aliphatic heterocycles. The number of esters is 1. The summed E-state index contributed by atoms with van der Waals surface area (Å²) in [5.41, 5.74) is -15.9. The Labute approximate surface area is 207 Å². The molecule has 4 saturated carbocycles. The molecule has 6 aliphatic rings. The van der Waals surface area contributed by atoms with Crippen LogP contribution >= 0.6 is 0 Å². The lowest BCUT2D eigenvalue weighted by Gasteiger charge is -2.60. The number of carbonyl (C=O) groups excluding carboxylic acids is 1. The third-order valence-electron chi connectivity index (χ3n) is 11.4. The molecule has 1 aromatic rings. The van der Waals surface area contributed by atoms with Crippen LogP contribution in [0.15, 0.2) is 18.3 Å². The monoisotopic (exact) mass is 509 g/mol. The molecule has 0 amide bonds. The largest absolute Gasteiger partial charge is 0.451 e. The first kappa shape index (κ1) is 24.7. The summed E-state index contributed by atoms with van der Waals surface area (Å²) in [5.74, 6) is -4.90. The molecule has 0 unspecified atom stereocenters. The van der Waals surface area contributed by atoms with E-state index in [4.69, 9.17) is 9.47 Å². The van der Waals surface area contributed by atoms with Gasteiger partial charge in [0.05, 0.1) is 11.5 Å². The zero-order valence-electron chi connectivity index (χ0n) is 20.7. The van der Waals surface area contributed by atoms with Crippen molar-refractivity contribution < 1.29 is 50.0 Å². The first-order valence-electron chi connectivity index (χ1n) is 12.5. The molecule has 8 N–H and O–H groups in total. The minimum atomic E-state index is -2.70. The van der Waals surface area contributed by atoms with E-state index >= 15 is 0 Å². The van der Waals surface area contributed by atoms with Crippen LogP contribution in [-0.2, 0) is 9.47 Å². The van der Waals surface area contributed by atoms with Gasteiger partial charge >= 0.3 is 5.97 Å². The molecule has 36 heavy (non-hydrogen) atoms. The quantitative estimate of drug-likeness (QED) is 0.228. The second-order valence-electron chi connectivity index (χ2n) is 12.4. The van der Waals surface area contributed by atoms with E-state index in [1.165, 1.54) is 26.1 Å². The van der Waals surface area contributed by atoms with Crippen molar-refractivity contribution >= 4 is 5.97 Å². The molecule has 6 fully saturated rings. The van der Waals surface area contributed by atoms with E-state index in [1.54, 1.807) is 19.9 Å². The van der Waals surface area contributed by atoms with Gasteiger partial charge in [-0.15, -0.1) is 0 Å². The molecule has 0 radical (unpaired) electrons. The average molecular weight is 510 g/mol. The van der Waals surface area contributed by atoms with Gasteiger partial charge in [-0.25, -0.2) is 4.79 Å². The van der Waals surface area contributed by atoms with Gasteiger partial charge in [-0.3, -0.25) is 0 Å². The van der Waals surface area contributed by atoms with Crippen molar-refractivity contribution in [3.05, 3.63) is 24.0 Å². The molecule has 11 heteroatoms. The molecule has 3 heterocycles. The molecule has 4 aliphatic carbocycles. The zero-order valence-corrected chi connectivity index (χ0v) is 20.7. The predicted octanol–water partition coefficient (Wildman–Crippen LogP) is -1.22. The number of aliphatic hydroxyl groups is 7. The smallest absolute Gasteiger partial charge is 0.355 e. The lowest BCUT2D eigenvalue weighted by atomic mass is 9.52. The fraction of sp³-hybridized carbons (Fsp3) is 0.800. The number of rotatable bonds is 4. The van der Waals surface area contributed by atoms with Gasteiger partial charge in [-0.2, -0.15) is 0 Å². The van der Waals surface area contributed by atoms with E-state index in [-0.39, 0.29) is 18.5 Å². The molecule has 0 aromatic carbocycles. The lowest BCUT2D eigenvalue weighted by Crippen LogP contribution is -2.75. The maximum atomic E-state index is 13.2. The van der Waals surface area contributed by atoms with Crippen molar-refractivity contribution in [1.82, 2.24) is 4.98 Å². The van der Waals surface area contributed by atoms with Gasteiger partial charge in [0.25, 0.3) is 0 Å². The SMILES string of the molecule is CC(C)[C@@]1(O)[C@@H](OC(=O)c2ccc[nH]2)[C@@]2(O)[C@@]3(C)C[C@]4(O)O[C@@]5([C@H](O)[C@@H](CO)CC[C@]35O)[C@@]2(O)[C@]14C. The predicted molar refractivity (Wildman–Crippen MR) is 120 cm³/mol. The van der Waals surface area contributed by atoms with Crippen LogP contribution < -0.4 is 0 Å². The maximum Gasteiger partial charge on any atom is 0.355 e. The summed E-state index contributed by atoms with van der Waals surface area (Å²) in [7, 11) is 0. The Bertz CT molecular complexity index is 1140. The third-order valence-corrected chi connectivity index (χ3v) is 11.4. The van der Waals surface area contributed by atoms with E-state index < -0.39 is 87.7 Å². The van der Waals surface area contributed by atoms with Gasteiger partial charge in [0.15, 0.2) is 17.5 Å². The van der Waals surface area contributed by atoms with Gasteiger partial charge in [-0.05, 0) is 37.8 Å². The van der Waals surface area contributed by atoms with E-state index in [1.807, 2.05) is 0 Å². The van der Waals surface area contributed by atoms with E-state index in [2.05, 4.69) is 4.98 Å². The second-order valence-corrected chi connectivity index (χ2v) is 12.4. The van der Waals surface area contributed by atoms with Gasteiger partial charge in [0, 0.05) is 30.6 Å². The molecule has 7 rings (SSSR count). The van der Waals surface area contributed by atoms with Crippen LogP contribution in [0.5, 0.6) is 0 Å². The number of hydrogen-bond donors (Lipinski definition) is 8. The van der Waals surface area contributed by atoms with E-state index in [0.29, 0.717) is 0 Å². The fourth-order valence-corrected chi connectivity index (χ4v) is 9.64. The number of nitrogens with one attached hydrogen (secondary N) is 1. The number of hydrogen-bond acceptors (Lipinski definition) is 10. The summed E-state index contributed by atoms with van der Waals surface area (Å²) in [4.78, 5) is 15.9. The summed E-state index contributed by atoms with van der Waals surface area (Å²) in [5, 5.41) is 84.0. The number of aromatic amines is 1. The Kier molecular flexibility index (Phi) is 4.36. The van der Waals surface area contributed by atoms with Gasteiger partial charge in [0.2, 0.25) is 0 Å². The minimum absolute atomic E-state index is 0.0376. The first-order chi connectivity index (χ1) is 16.6. The minimum Gasteiger partial charge on any atom is -0.451 e. The maximum absolute atomic E-state index is 13.2. The number of ether oxygens (including phenoxy) is 2. The Balaban J connectivity index is 1.68. The molecule has 11 nitrogen and oxygen atoms in total. The van der Waals surface area contributed by atoms with Crippen LogP contribution in [0.25, 0.3) is 0 Å². The highest BCUT2D eigenvalue weighted by Gasteiger charge is 3.10. The Morgan fingerprint density at radius 1 is 1.22 bits per heavy atom. The number of carbonyl (C=O) groups is 1. The zero-order chi connectivity index (χ0) is 26.5. The standard InChI is InChI=1S/C25H35NO10/c1-12(2)22(32)17(35-16(29)14-6-5-9-26-14)23(33)18(3)11-21(31)19(22,4)25(23,34)24(36-21)15(28)13(10-27)7-8-20(18,24)30/h5-6,9,12-13,15,17,26-28,30-34H,7-8,10-11H2,1-4H3/t13-,15-,17-,18+,19+,20+,21+,22-,23-,24-,25-/m1/s1. The fourth-order valence-electron chi connectivity index (χ4n) is 9.64. The highest BCUT2D eigenvalue weighted by Crippen LogP contribution is 2.90. The van der Waals surface area contributed by atoms with Crippen LogP contribution in [0.4, 0.5) is 0 Å². The Hall–Kier alpha value is -1.57. The van der Waals surface area contributed by atoms with Gasteiger partial charge in [0.1, 0.15) is 28.1 Å². The molecule has 11 atom stereocenters. The molecule has 2 saturated heterocycles. The van der Waals surface area contributed by atoms with Crippen molar-refractivity contribution in [2.45, 2.75) is 93.0 Å². The molecule has 200 valence electrons. The van der Waals surface area contributed by atoms with Crippen molar-refractivity contribution in [2.24, 2.45) is 22.7 Å². The molecular weight excluding hydrogens is 474 g/mol. The number of H-pyrrole nitrogens is 1. The van der Waals surface area contributed by atoms with Crippen molar-refractivity contribution in [3.8, 4) is 0 Å². The van der Waals surface area contributed by atoms with Crippen molar-refractivity contribution in [3.63, 3.8) is 0 Å². The average Bonchev–Trinajstić information content (AvgIpc) is 3.43. The van der Waals surface area contributed by atoms with Crippen molar-refractivity contribution in [2.75, 3.05) is 6.61 Å². The Morgan fingerprint density at radius 3 is 2.44 bits per heavy atom. The molecular formula is C25H35NO10. The summed E-state index contributed by atoms with van der Waals surface area (Å²) < 4.78 is 12.0. The molecule has 1 aromatic heterocycles. The lowest BCUT2D eigenvalue weighted by molar-refractivity contribution is -0.391. The first-order valence-corrected chi connectivity index (χ1v) is 12.5. The molecule has 1 spiro atoms.